The largest absolute Gasteiger partial charge is 3.00 e. The molecule has 0 amide bonds. The predicted octanol–water partition coefficient (Wildman–Crippen LogP) is -7.85. The number of carbonyl (C=O) groups is 3. The summed E-state index contributed by atoms with van der Waals surface area (Å²) >= 11 is 0. The van der Waals surface area contributed by atoms with Gasteiger partial charge in [-0.25, -0.2) is 0 Å². The van der Waals surface area contributed by atoms with Crippen molar-refractivity contribution in [3.63, 3.8) is 0 Å². The maximum atomic E-state index is 8.89. The van der Waals surface area contributed by atoms with Crippen LogP contribution in [0.3, 0.4) is 0 Å². The number of carboxylic acid groups (broad SMARTS) is 3. The molecule has 0 aliphatic heterocycles. The van der Waals surface area contributed by atoms with Gasteiger partial charge in [0.25, 0.3) is 0 Å². The minimum atomic E-state index is -1.08. The third-order valence-corrected chi connectivity index (χ3v) is 0. The van der Waals surface area contributed by atoms with Crippen molar-refractivity contribution in [2.45, 2.75) is 20.8 Å². The van der Waals surface area contributed by atoms with Crippen molar-refractivity contribution >= 4 is 17.9 Å². The van der Waals surface area contributed by atoms with Gasteiger partial charge in [-0.3, -0.25) is 0 Å². The number of carboxylic acids is 3. The molecule has 0 radical (unpaired) electrons. The van der Waals surface area contributed by atoms with E-state index in [1.54, 1.807) is 0 Å². The molecule has 0 aliphatic rings. The molecule has 0 saturated carbocycles. The second-order valence-corrected chi connectivity index (χ2v) is 1.47. The van der Waals surface area contributed by atoms with Gasteiger partial charge in [0.1, 0.15) is 0 Å². The summed E-state index contributed by atoms with van der Waals surface area (Å²) in [6.45, 7) is 2.92. The normalized spacial score (nSPS) is 4.17. The molecule has 0 aromatic heterocycles. The Morgan fingerprint density at radius 2 is 0.556 bits per heavy atom. The maximum absolute atomic E-state index is 8.89. The number of rotatable bonds is 0. The molecular formula is C6H19LaO11. The monoisotopic (exact) mass is 406 g/mol. The molecule has 0 aromatic carbocycles. The van der Waals surface area contributed by atoms with Gasteiger partial charge in [-0.1, -0.05) is 0 Å². The van der Waals surface area contributed by atoms with E-state index in [-0.39, 0.29) is 63.0 Å². The second-order valence-electron chi connectivity index (χ2n) is 1.47. The smallest absolute Gasteiger partial charge is 0.550 e. The van der Waals surface area contributed by atoms with Crippen molar-refractivity contribution in [3.8, 4) is 0 Å². The molecule has 0 heterocycles. The Morgan fingerprint density at radius 1 is 0.556 bits per heavy atom. The molecule has 0 aromatic rings. The average molecular weight is 406 g/mol. The quantitative estimate of drug-likeness (QED) is 0.376. The average Bonchev–Trinajstić information content (AvgIpc) is 1.54. The Kier molecular flexibility index (Phi) is 203. The fraction of sp³-hybridized carbons (Fsp3) is 0.500. The zero-order chi connectivity index (χ0) is 10.7. The molecule has 0 spiro atoms. The van der Waals surface area contributed by atoms with Gasteiger partial charge >= 0.3 is 35.6 Å². The number of hydrogen-bond donors (Lipinski definition) is 0. The van der Waals surface area contributed by atoms with Crippen molar-refractivity contribution in [2.75, 3.05) is 0 Å². The fourth-order valence-corrected chi connectivity index (χ4v) is 0. The summed E-state index contributed by atoms with van der Waals surface area (Å²) < 4.78 is 0. The predicted molar refractivity (Wildman–Crippen MR) is 50.1 cm³/mol. The number of carbonyl (C=O) groups excluding carboxylic acids is 3. The first-order valence-electron chi connectivity index (χ1n) is 2.72. The Hall–Kier alpha value is -0.595. The molecule has 12 heteroatoms. The van der Waals surface area contributed by atoms with Crippen LogP contribution < -0.4 is 15.3 Å². The second kappa shape index (κ2) is 55.1. The molecule has 0 unspecified atom stereocenters. The van der Waals surface area contributed by atoms with Crippen molar-refractivity contribution in [2.24, 2.45) is 0 Å². The molecule has 0 fully saturated rings. The van der Waals surface area contributed by atoms with E-state index in [1.807, 2.05) is 0 Å². The van der Waals surface area contributed by atoms with E-state index >= 15 is 0 Å². The minimum absolute atomic E-state index is 0. The van der Waals surface area contributed by atoms with Gasteiger partial charge in [0.2, 0.25) is 0 Å². The summed E-state index contributed by atoms with van der Waals surface area (Å²) in [7, 11) is 0. The van der Waals surface area contributed by atoms with Crippen molar-refractivity contribution in [3.05, 3.63) is 0 Å². The summed E-state index contributed by atoms with van der Waals surface area (Å²) in [6.07, 6.45) is 0. The van der Waals surface area contributed by atoms with Crippen LogP contribution in [-0.2, 0) is 14.4 Å². The molecule has 0 saturated heterocycles. The van der Waals surface area contributed by atoms with Crippen LogP contribution in [0.2, 0.25) is 0 Å². The van der Waals surface area contributed by atoms with Crippen LogP contribution in [0.15, 0.2) is 0 Å². The van der Waals surface area contributed by atoms with Crippen LogP contribution in [0.25, 0.3) is 0 Å². The van der Waals surface area contributed by atoms with E-state index in [1.165, 1.54) is 0 Å². The summed E-state index contributed by atoms with van der Waals surface area (Å²) in [6, 6.07) is 0. The van der Waals surface area contributed by atoms with E-state index in [4.69, 9.17) is 29.7 Å². The molecule has 112 valence electrons. The Morgan fingerprint density at radius 3 is 0.556 bits per heavy atom. The molecule has 0 bridgehead atoms. The van der Waals surface area contributed by atoms with Crippen LogP contribution in [-0.4, -0.2) is 45.3 Å². The van der Waals surface area contributed by atoms with Gasteiger partial charge in [-0.05, 0) is 20.8 Å². The van der Waals surface area contributed by atoms with Crippen molar-refractivity contribution in [1.82, 2.24) is 0 Å². The van der Waals surface area contributed by atoms with E-state index < -0.39 is 17.9 Å². The molecular weight excluding hydrogens is 387 g/mol. The minimum Gasteiger partial charge on any atom is -0.550 e. The van der Waals surface area contributed by atoms with E-state index in [2.05, 4.69) is 0 Å². The first-order chi connectivity index (χ1) is 5.20. The van der Waals surface area contributed by atoms with Gasteiger partial charge < -0.3 is 57.1 Å². The van der Waals surface area contributed by atoms with Crippen LogP contribution in [0, 0.1) is 35.6 Å². The number of hydrogen-bond acceptors (Lipinski definition) is 6. The zero-order valence-corrected chi connectivity index (χ0v) is 13.7. The summed E-state index contributed by atoms with van der Waals surface area (Å²) in [5.74, 6) is -3.25. The molecule has 18 heavy (non-hydrogen) atoms. The fourth-order valence-electron chi connectivity index (χ4n) is 0. The third kappa shape index (κ3) is 9020. The van der Waals surface area contributed by atoms with Gasteiger partial charge in [0.05, 0.1) is 0 Å². The van der Waals surface area contributed by atoms with E-state index in [0.29, 0.717) is 0 Å². The molecule has 11 nitrogen and oxygen atoms in total. The van der Waals surface area contributed by atoms with Gasteiger partial charge in [0.15, 0.2) is 0 Å². The SMILES string of the molecule is CC(=O)[O-].CC(=O)[O-].CC(=O)[O-].O.O.O.O.O.[La+3]. The Balaban J connectivity index is -0.00000000827. The van der Waals surface area contributed by atoms with Crippen LogP contribution in [0.4, 0.5) is 0 Å². The first kappa shape index (κ1) is 66.3. The van der Waals surface area contributed by atoms with Gasteiger partial charge in [-0.2, -0.15) is 0 Å². The summed E-state index contributed by atoms with van der Waals surface area (Å²) in [5, 5.41) is 26.7. The molecule has 0 aliphatic carbocycles. The van der Waals surface area contributed by atoms with E-state index in [0.717, 1.165) is 20.8 Å². The Labute approximate surface area is 131 Å². The van der Waals surface area contributed by atoms with E-state index in [9.17, 15) is 0 Å². The topological polar surface area (TPSA) is 278 Å². The van der Waals surface area contributed by atoms with Crippen LogP contribution in [0.1, 0.15) is 20.8 Å². The standard InChI is InChI=1S/3C2H4O2.La.5H2O/c3*1-2(3)4;;;;;;/h3*1H3,(H,3,4);;5*1H2/q;;;+3;;;;;/p-3. The van der Waals surface area contributed by atoms with Gasteiger partial charge in [-0.15, -0.1) is 0 Å². The van der Waals surface area contributed by atoms with Gasteiger partial charge in [0, 0.05) is 17.9 Å². The van der Waals surface area contributed by atoms with Crippen molar-refractivity contribution in [1.29, 1.82) is 0 Å². The maximum Gasteiger partial charge on any atom is 3.00 e. The molecule has 0 rings (SSSR count). The third-order valence-electron chi connectivity index (χ3n) is 0. The Bertz CT molecular complexity index is 119. The van der Waals surface area contributed by atoms with Crippen LogP contribution >= 0.6 is 0 Å². The molecule has 0 atom stereocenters. The first-order valence-corrected chi connectivity index (χ1v) is 2.72. The number of aliphatic carboxylic acids is 3. The summed E-state index contributed by atoms with van der Waals surface area (Å²) in [5.41, 5.74) is 0. The van der Waals surface area contributed by atoms with Crippen LogP contribution in [0.5, 0.6) is 0 Å². The molecule has 10 N–H and O–H groups in total. The van der Waals surface area contributed by atoms with Crippen molar-refractivity contribution < 1.29 is 92.7 Å². The summed E-state index contributed by atoms with van der Waals surface area (Å²) in [4.78, 5) is 26.7. The zero-order valence-electron chi connectivity index (χ0n) is 10.0.